The quantitative estimate of drug-likeness (QED) is 0.789. The molecule has 112 valence electrons. The Kier molecular flexibility index (Phi) is 5.05. The van der Waals surface area contributed by atoms with Crippen LogP contribution in [0.15, 0.2) is 21.5 Å². The maximum atomic E-state index is 12.6. The van der Waals surface area contributed by atoms with Crippen LogP contribution >= 0.6 is 27.7 Å². The van der Waals surface area contributed by atoms with Gasteiger partial charge in [-0.2, -0.15) is 11.8 Å². The summed E-state index contributed by atoms with van der Waals surface area (Å²) in [5, 5.41) is 0.356. The fourth-order valence-electron chi connectivity index (χ4n) is 2.56. The lowest BCUT2D eigenvalue weighted by Gasteiger charge is -2.20. The lowest BCUT2D eigenvalue weighted by molar-refractivity contribution is 0.554. The Labute approximate surface area is 133 Å². The third-order valence-corrected chi connectivity index (χ3v) is 6.96. The summed E-state index contributed by atoms with van der Waals surface area (Å²) in [4.78, 5) is 0.260. The molecule has 2 rings (SSSR count). The van der Waals surface area contributed by atoms with Crippen LogP contribution in [-0.2, 0) is 10.0 Å². The van der Waals surface area contributed by atoms with Crippen LogP contribution in [0.3, 0.4) is 0 Å². The van der Waals surface area contributed by atoms with E-state index in [1.54, 1.807) is 30.8 Å². The highest BCUT2D eigenvalue weighted by atomic mass is 79.9. The number of nitrogen functional groups attached to an aromatic ring is 1. The lowest BCUT2D eigenvalue weighted by Crippen LogP contribution is -2.38. The summed E-state index contributed by atoms with van der Waals surface area (Å²) in [5.74, 6) is 0. The maximum Gasteiger partial charge on any atom is 0.241 e. The molecule has 0 aliphatic heterocycles. The Hall–Kier alpha value is -0.240. The van der Waals surface area contributed by atoms with Crippen LogP contribution in [0.25, 0.3) is 0 Å². The average molecular weight is 379 g/mol. The fraction of sp³-hybridized carbons (Fsp3) is 0.538. The van der Waals surface area contributed by atoms with E-state index in [1.165, 1.54) is 0 Å². The van der Waals surface area contributed by atoms with Crippen molar-refractivity contribution in [3.8, 4) is 0 Å². The summed E-state index contributed by atoms with van der Waals surface area (Å²) in [6.07, 6.45) is 5.05. The molecule has 1 fully saturated rings. The Bertz CT molecular complexity index is 605. The molecule has 1 aliphatic rings. The van der Waals surface area contributed by atoms with E-state index in [4.69, 9.17) is 5.73 Å². The average Bonchev–Trinajstić information content (AvgIpc) is 2.80. The Balaban J connectivity index is 2.31. The van der Waals surface area contributed by atoms with Gasteiger partial charge in [0.15, 0.2) is 0 Å². The molecule has 0 amide bonds. The standard InChI is InChI=1S/C13H19BrN2O2S2/c1-8-10(15)6-9(14)7-13(8)20(17,18)16-11-4-3-5-12(11)19-2/h6-7,11-12,16H,3-5,15H2,1-2H3. The number of rotatable bonds is 4. The predicted molar refractivity (Wildman–Crippen MR) is 88.6 cm³/mol. The molecule has 1 saturated carbocycles. The summed E-state index contributed by atoms with van der Waals surface area (Å²) in [6, 6.07) is 3.33. The van der Waals surface area contributed by atoms with Gasteiger partial charge in [0.25, 0.3) is 0 Å². The minimum absolute atomic E-state index is 0.00889. The summed E-state index contributed by atoms with van der Waals surface area (Å²) >= 11 is 5.03. The molecular weight excluding hydrogens is 360 g/mol. The number of nitrogens with one attached hydrogen (secondary N) is 1. The molecule has 20 heavy (non-hydrogen) atoms. The monoisotopic (exact) mass is 378 g/mol. The second-order valence-corrected chi connectivity index (χ2v) is 8.73. The van der Waals surface area contributed by atoms with E-state index in [0.717, 1.165) is 19.3 Å². The molecule has 3 N–H and O–H groups in total. The summed E-state index contributed by atoms with van der Waals surface area (Å²) in [5.41, 5.74) is 6.93. The SMILES string of the molecule is CSC1CCCC1NS(=O)(=O)c1cc(Br)cc(N)c1C. The number of hydrogen-bond acceptors (Lipinski definition) is 4. The topological polar surface area (TPSA) is 72.2 Å². The Morgan fingerprint density at radius 2 is 2.10 bits per heavy atom. The minimum atomic E-state index is -3.54. The molecule has 2 unspecified atom stereocenters. The van der Waals surface area contributed by atoms with Crippen LogP contribution in [-0.4, -0.2) is 26.0 Å². The second kappa shape index (κ2) is 6.25. The van der Waals surface area contributed by atoms with Crippen LogP contribution in [0.4, 0.5) is 5.69 Å². The molecular formula is C13H19BrN2O2S2. The highest BCUT2D eigenvalue weighted by Gasteiger charge is 2.31. The second-order valence-electron chi connectivity index (χ2n) is 5.05. The first kappa shape index (κ1) is 16.1. The van der Waals surface area contributed by atoms with Gasteiger partial charge in [0.2, 0.25) is 10.0 Å². The number of sulfonamides is 1. The van der Waals surface area contributed by atoms with Gasteiger partial charge in [0.1, 0.15) is 0 Å². The van der Waals surface area contributed by atoms with E-state index in [2.05, 4.69) is 20.7 Å². The lowest BCUT2D eigenvalue weighted by atomic mass is 10.2. The molecule has 0 heterocycles. The highest BCUT2D eigenvalue weighted by Crippen LogP contribution is 2.31. The Morgan fingerprint density at radius 3 is 2.75 bits per heavy atom. The zero-order valence-electron chi connectivity index (χ0n) is 11.5. The largest absolute Gasteiger partial charge is 0.398 e. The fourth-order valence-corrected chi connectivity index (χ4v) is 5.82. The van der Waals surface area contributed by atoms with E-state index >= 15 is 0 Å². The van der Waals surface area contributed by atoms with Gasteiger partial charge in [0.05, 0.1) is 4.90 Å². The van der Waals surface area contributed by atoms with Crippen molar-refractivity contribution < 1.29 is 8.42 Å². The molecule has 1 aromatic rings. The summed E-state index contributed by atoms with van der Waals surface area (Å²) in [7, 11) is -3.54. The maximum absolute atomic E-state index is 12.6. The molecule has 1 aromatic carbocycles. The first-order valence-corrected chi connectivity index (χ1v) is 10.0. The van der Waals surface area contributed by atoms with Crippen LogP contribution in [0.2, 0.25) is 0 Å². The van der Waals surface area contributed by atoms with E-state index in [0.29, 0.717) is 21.0 Å². The number of thioether (sulfide) groups is 1. The number of halogens is 1. The van der Waals surface area contributed by atoms with Gasteiger partial charge < -0.3 is 5.73 Å². The van der Waals surface area contributed by atoms with Crippen molar-refractivity contribution in [1.82, 2.24) is 4.72 Å². The van der Waals surface area contributed by atoms with Crippen molar-refractivity contribution >= 4 is 43.4 Å². The van der Waals surface area contributed by atoms with Crippen molar-refractivity contribution in [2.75, 3.05) is 12.0 Å². The van der Waals surface area contributed by atoms with Gasteiger partial charge in [-0.1, -0.05) is 22.4 Å². The third-order valence-electron chi connectivity index (χ3n) is 3.72. The number of nitrogens with two attached hydrogens (primary N) is 1. The third kappa shape index (κ3) is 3.32. The molecule has 0 aromatic heterocycles. The van der Waals surface area contributed by atoms with Crippen molar-refractivity contribution in [1.29, 1.82) is 0 Å². The van der Waals surface area contributed by atoms with Crippen molar-refractivity contribution in [3.05, 3.63) is 22.2 Å². The number of benzene rings is 1. The van der Waals surface area contributed by atoms with Gasteiger partial charge in [0, 0.05) is 21.5 Å². The van der Waals surface area contributed by atoms with Gasteiger partial charge >= 0.3 is 0 Å². The predicted octanol–water partition coefficient (Wildman–Crippen LogP) is 2.90. The normalized spacial score (nSPS) is 23.1. The van der Waals surface area contributed by atoms with Crippen molar-refractivity contribution in [2.45, 2.75) is 42.4 Å². The van der Waals surface area contributed by atoms with Crippen molar-refractivity contribution in [2.24, 2.45) is 0 Å². The van der Waals surface area contributed by atoms with Gasteiger partial charge in [-0.25, -0.2) is 13.1 Å². The van der Waals surface area contributed by atoms with E-state index < -0.39 is 10.0 Å². The van der Waals surface area contributed by atoms with Gasteiger partial charge in [-0.3, -0.25) is 0 Å². The first-order chi connectivity index (χ1) is 9.35. The number of hydrogen-bond donors (Lipinski definition) is 2. The van der Waals surface area contributed by atoms with Crippen LogP contribution < -0.4 is 10.5 Å². The van der Waals surface area contributed by atoms with E-state index in [-0.39, 0.29) is 10.9 Å². The smallest absolute Gasteiger partial charge is 0.241 e. The van der Waals surface area contributed by atoms with Gasteiger partial charge in [-0.05, 0) is 43.7 Å². The highest BCUT2D eigenvalue weighted by molar-refractivity contribution is 9.10. The molecule has 4 nitrogen and oxygen atoms in total. The summed E-state index contributed by atoms with van der Waals surface area (Å²) < 4.78 is 28.7. The molecule has 0 spiro atoms. The van der Waals surface area contributed by atoms with Crippen LogP contribution in [0, 0.1) is 6.92 Å². The zero-order chi connectivity index (χ0) is 14.9. The molecule has 0 saturated heterocycles. The van der Waals surface area contributed by atoms with Crippen molar-refractivity contribution in [3.63, 3.8) is 0 Å². The van der Waals surface area contributed by atoms with Gasteiger partial charge in [-0.15, -0.1) is 0 Å². The molecule has 7 heteroatoms. The Morgan fingerprint density at radius 1 is 1.40 bits per heavy atom. The van der Waals surface area contributed by atoms with E-state index in [9.17, 15) is 8.42 Å². The van der Waals surface area contributed by atoms with Crippen LogP contribution in [0.5, 0.6) is 0 Å². The molecule has 0 bridgehead atoms. The molecule has 0 radical (unpaired) electrons. The van der Waals surface area contributed by atoms with E-state index in [1.807, 2.05) is 6.26 Å². The number of anilines is 1. The minimum Gasteiger partial charge on any atom is -0.398 e. The molecule has 1 aliphatic carbocycles. The summed E-state index contributed by atoms with van der Waals surface area (Å²) in [6.45, 7) is 1.73. The first-order valence-electron chi connectivity index (χ1n) is 6.46. The van der Waals surface area contributed by atoms with Crippen LogP contribution in [0.1, 0.15) is 24.8 Å². The zero-order valence-corrected chi connectivity index (χ0v) is 14.7. The molecule has 2 atom stereocenters.